The van der Waals surface area contributed by atoms with Crippen molar-refractivity contribution in [2.75, 3.05) is 0 Å². The van der Waals surface area contributed by atoms with E-state index in [0.717, 1.165) is 23.2 Å². The SMILES string of the molecule is CC1=C[C@H]2Cc3cccc4[n+]3[C@]2(C=C1)NC(=O)C4(c1ccccc1)c1ccccc1. The molecule has 30 heavy (non-hydrogen) atoms. The molecule has 3 nitrogen and oxygen atoms in total. The molecule has 0 bridgehead atoms. The van der Waals surface area contributed by atoms with E-state index in [2.05, 4.69) is 77.5 Å². The van der Waals surface area contributed by atoms with Gasteiger partial charge in [0, 0.05) is 24.6 Å². The Morgan fingerprint density at radius 2 is 1.57 bits per heavy atom. The van der Waals surface area contributed by atoms with Crippen LogP contribution in [0.5, 0.6) is 0 Å². The Balaban J connectivity index is 1.72. The molecule has 3 heteroatoms. The number of benzene rings is 2. The number of carbonyl (C=O) groups excluding carboxylic acids is 1. The first-order valence-corrected chi connectivity index (χ1v) is 10.5. The summed E-state index contributed by atoms with van der Waals surface area (Å²) in [4.78, 5) is 14.2. The Labute approximate surface area is 176 Å². The highest BCUT2D eigenvalue weighted by molar-refractivity contribution is 5.96. The molecule has 1 N–H and O–H groups in total. The van der Waals surface area contributed by atoms with Crippen LogP contribution in [0.1, 0.15) is 29.4 Å². The average Bonchev–Trinajstić information content (AvgIpc) is 3.10. The lowest BCUT2D eigenvalue weighted by Crippen LogP contribution is -2.76. The quantitative estimate of drug-likeness (QED) is 0.663. The minimum Gasteiger partial charge on any atom is -0.290 e. The van der Waals surface area contributed by atoms with Gasteiger partial charge in [0.1, 0.15) is 0 Å². The number of hydrogen-bond acceptors (Lipinski definition) is 1. The van der Waals surface area contributed by atoms with Gasteiger partial charge in [-0.2, -0.15) is 4.57 Å². The van der Waals surface area contributed by atoms with E-state index in [0.29, 0.717) is 0 Å². The first kappa shape index (κ1) is 17.4. The lowest BCUT2D eigenvalue weighted by Gasteiger charge is -2.42. The first-order chi connectivity index (χ1) is 14.7. The van der Waals surface area contributed by atoms with Crippen LogP contribution < -0.4 is 9.88 Å². The lowest BCUT2D eigenvalue weighted by atomic mass is 9.68. The third kappa shape index (κ3) is 2.05. The smallest absolute Gasteiger partial charge is 0.270 e. The molecular formula is C27H23N2O+. The number of nitrogens with one attached hydrogen (secondary N) is 1. The summed E-state index contributed by atoms with van der Waals surface area (Å²) in [5.41, 5.74) is 4.07. The van der Waals surface area contributed by atoms with E-state index in [1.807, 2.05) is 36.4 Å². The predicted octanol–water partition coefficient (Wildman–Crippen LogP) is 3.78. The molecule has 0 saturated carbocycles. The summed E-state index contributed by atoms with van der Waals surface area (Å²) in [6, 6.07) is 26.8. The molecular weight excluding hydrogens is 368 g/mol. The number of carbonyl (C=O) groups is 1. The number of rotatable bonds is 2. The Kier molecular flexibility index (Phi) is 3.49. The van der Waals surface area contributed by atoms with Gasteiger partial charge >= 0.3 is 0 Å². The van der Waals surface area contributed by atoms with Crippen molar-refractivity contribution >= 4 is 5.91 Å². The number of nitrogens with zero attached hydrogens (tertiary/aromatic N) is 1. The molecule has 0 saturated heterocycles. The van der Waals surface area contributed by atoms with Crippen LogP contribution in [0.4, 0.5) is 0 Å². The second-order valence-corrected chi connectivity index (χ2v) is 8.55. The van der Waals surface area contributed by atoms with Gasteiger partial charge in [0.05, 0.1) is 5.92 Å². The fourth-order valence-corrected chi connectivity index (χ4v) is 5.69. The Hall–Kier alpha value is -3.46. The Bertz CT molecular complexity index is 1190. The van der Waals surface area contributed by atoms with Crippen molar-refractivity contribution in [3.63, 3.8) is 0 Å². The molecule has 146 valence electrons. The molecule has 3 aromatic rings. The molecule has 1 aromatic heterocycles. The maximum Gasteiger partial charge on any atom is 0.270 e. The number of pyridine rings is 1. The van der Waals surface area contributed by atoms with Gasteiger partial charge in [0.2, 0.25) is 5.69 Å². The second kappa shape index (κ2) is 6.02. The minimum atomic E-state index is -0.900. The van der Waals surface area contributed by atoms with Crippen molar-refractivity contribution in [3.8, 4) is 0 Å². The fourth-order valence-electron chi connectivity index (χ4n) is 5.69. The van der Waals surface area contributed by atoms with Crippen LogP contribution >= 0.6 is 0 Å². The number of hydrogen-bond donors (Lipinski definition) is 1. The van der Waals surface area contributed by atoms with Gasteiger partial charge in [-0.15, -0.1) is 0 Å². The van der Waals surface area contributed by atoms with Crippen molar-refractivity contribution in [2.24, 2.45) is 5.92 Å². The van der Waals surface area contributed by atoms with Crippen LogP contribution in [-0.2, 0) is 22.3 Å². The minimum absolute atomic E-state index is 0.0292. The van der Waals surface area contributed by atoms with Crippen LogP contribution in [0.25, 0.3) is 0 Å². The fraction of sp³-hybridized carbons (Fsp3) is 0.185. The monoisotopic (exact) mass is 391 g/mol. The summed E-state index contributed by atoms with van der Waals surface area (Å²) in [6.45, 7) is 2.13. The van der Waals surface area contributed by atoms with Gasteiger partial charge < -0.3 is 0 Å². The zero-order chi connectivity index (χ0) is 20.3. The van der Waals surface area contributed by atoms with Gasteiger partial charge in [0.25, 0.3) is 11.6 Å². The molecule has 3 heterocycles. The van der Waals surface area contributed by atoms with Gasteiger partial charge in [-0.1, -0.05) is 78.4 Å². The molecule has 3 aliphatic rings. The van der Waals surface area contributed by atoms with E-state index in [9.17, 15) is 4.79 Å². The van der Waals surface area contributed by atoms with Crippen LogP contribution in [0.2, 0.25) is 0 Å². The van der Waals surface area contributed by atoms with Crippen LogP contribution in [-0.4, -0.2) is 5.91 Å². The zero-order valence-electron chi connectivity index (χ0n) is 16.9. The molecule has 1 spiro atoms. The highest BCUT2D eigenvalue weighted by atomic mass is 16.2. The van der Waals surface area contributed by atoms with Crippen molar-refractivity contribution < 1.29 is 9.36 Å². The lowest BCUT2D eigenvalue weighted by molar-refractivity contribution is -0.765. The van der Waals surface area contributed by atoms with Gasteiger partial charge in [-0.25, -0.2) is 0 Å². The molecule has 1 aliphatic carbocycles. The highest BCUT2D eigenvalue weighted by Crippen LogP contribution is 2.46. The van der Waals surface area contributed by atoms with Crippen molar-refractivity contribution in [1.82, 2.24) is 5.32 Å². The molecule has 6 rings (SSSR count). The zero-order valence-corrected chi connectivity index (χ0v) is 16.9. The molecule has 2 atom stereocenters. The van der Waals surface area contributed by atoms with E-state index >= 15 is 0 Å². The molecule has 1 amide bonds. The number of amides is 1. The van der Waals surface area contributed by atoms with E-state index in [1.54, 1.807) is 0 Å². The standard InChI is InChI=1S/C27H22N2O/c1-19-15-16-26-22(17-19)18-23-13-8-14-24(29(23)26)27(25(30)28-26,20-9-4-2-5-10-20)21-11-6-3-7-12-21/h2-17,22H,18H2,1H3/p+1/t22-,26-/m0/s1. The third-order valence-electron chi connectivity index (χ3n) is 6.95. The van der Waals surface area contributed by atoms with Gasteiger partial charge in [0.15, 0.2) is 11.1 Å². The predicted molar refractivity (Wildman–Crippen MR) is 116 cm³/mol. The van der Waals surface area contributed by atoms with Gasteiger partial charge in [-0.3, -0.25) is 10.1 Å². The molecule has 0 unspecified atom stereocenters. The summed E-state index contributed by atoms with van der Waals surface area (Å²) in [7, 11) is 0. The summed E-state index contributed by atoms with van der Waals surface area (Å²) in [5, 5.41) is 3.49. The normalized spacial score (nSPS) is 25.2. The van der Waals surface area contributed by atoms with E-state index in [4.69, 9.17) is 0 Å². The maximum atomic E-state index is 14.2. The topological polar surface area (TPSA) is 33.0 Å². The number of aromatic nitrogens is 1. The van der Waals surface area contributed by atoms with Crippen molar-refractivity contribution in [1.29, 1.82) is 0 Å². The summed E-state index contributed by atoms with van der Waals surface area (Å²) in [5.74, 6) is 0.249. The highest BCUT2D eigenvalue weighted by Gasteiger charge is 2.65. The Morgan fingerprint density at radius 1 is 0.900 bits per heavy atom. The van der Waals surface area contributed by atoms with Crippen LogP contribution in [0.3, 0.4) is 0 Å². The molecule has 0 radical (unpaired) electrons. The molecule has 2 aliphatic heterocycles. The average molecular weight is 391 g/mol. The largest absolute Gasteiger partial charge is 0.290 e. The second-order valence-electron chi connectivity index (χ2n) is 8.55. The van der Waals surface area contributed by atoms with Crippen LogP contribution in [0.15, 0.2) is 103 Å². The van der Waals surface area contributed by atoms with Crippen molar-refractivity contribution in [3.05, 3.63) is 125 Å². The van der Waals surface area contributed by atoms with E-state index in [-0.39, 0.29) is 11.8 Å². The Morgan fingerprint density at radius 3 is 2.23 bits per heavy atom. The van der Waals surface area contributed by atoms with Crippen molar-refractivity contribution in [2.45, 2.75) is 24.4 Å². The van der Waals surface area contributed by atoms with E-state index < -0.39 is 11.1 Å². The van der Waals surface area contributed by atoms with Crippen LogP contribution in [0, 0.1) is 5.92 Å². The first-order valence-electron chi connectivity index (χ1n) is 10.5. The van der Waals surface area contributed by atoms with Gasteiger partial charge in [-0.05, 0) is 24.1 Å². The maximum absolute atomic E-state index is 14.2. The summed E-state index contributed by atoms with van der Waals surface area (Å²) < 4.78 is 2.39. The van der Waals surface area contributed by atoms with E-state index in [1.165, 1.54) is 11.3 Å². The number of allylic oxidation sites excluding steroid dienone is 2. The molecule has 0 fully saturated rings. The summed E-state index contributed by atoms with van der Waals surface area (Å²) >= 11 is 0. The molecule has 2 aromatic carbocycles. The summed E-state index contributed by atoms with van der Waals surface area (Å²) in [6.07, 6.45) is 7.53. The third-order valence-corrected chi connectivity index (χ3v) is 6.95.